The zero-order valence-electron chi connectivity index (χ0n) is 11.6. The summed E-state index contributed by atoms with van der Waals surface area (Å²) in [5.74, 6) is 0.492. The highest BCUT2D eigenvalue weighted by atomic mass is 16.5. The summed E-state index contributed by atoms with van der Waals surface area (Å²) in [6.07, 6.45) is 3.58. The molecule has 0 heterocycles. The van der Waals surface area contributed by atoms with E-state index in [2.05, 4.69) is 6.92 Å². The van der Waals surface area contributed by atoms with Gasteiger partial charge < -0.3 is 14.6 Å². The molecule has 0 atom stereocenters. The Morgan fingerprint density at radius 1 is 1.26 bits per heavy atom. The molecule has 0 aromatic heterocycles. The molecule has 0 saturated heterocycles. The van der Waals surface area contributed by atoms with E-state index in [4.69, 9.17) is 14.6 Å². The van der Waals surface area contributed by atoms with E-state index < -0.39 is 5.97 Å². The Morgan fingerprint density at radius 3 is 2.47 bits per heavy atom. The molecule has 104 valence electrons. The van der Waals surface area contributed by atoms with Gasteiger partial charge in [-0.1, -0.05) is 25.5 Å². The third-order valence-electron chi connectivity index (χ3n) is 2.80. The first-order valence-electron chi connectivity index (χ1n) is 6.25. The van der Waals surface area contributed by atoms with Gasteiger partial charge in [-0.2, -0.15) is 0 Å². The number of allylic oxidation sites excluding steroid dienone is 1. The molecule has 4 nitrogen and oxygen atoms in total. The fraction of sp³-hybridized carbons (Fsp3) is 0.400. The average Bonchev–Trinajstić information content (AvgIpc) is 2.42. The zero-order chi connectivity index (χ0) is 14.3. The lowest BCUT2D eigenvalue weighted by Crippen LogP contribution is -1.95. The number of hydrogen-bond donors (Lipinski definition) is 1. The first kappa shape index (κ1) is 15.1. The molecule has 0 bridgehead atoms. The minimum atomic E-state index is -0.825. The van der Waals surface area contributed by atoms with Crippen molar-refractivity contribution in [2.75, 3.05) is 14.2 Å². The fourth-order valence-electron chi connectivity index (χ4n) is 1.88. The van der Waals surface area contributed by atoms with Gasteiger partial charge in [-0.15, -0.1) is 0 Å². The van der Waals surface area contributed by atoms with Gasteiger partial charge in [-0.3, -0.25) is 4.79 Å². The maximum atomic E-state index is 10.7. The van der Waals surface area contributed by atoms with Gasteiger partial charge in [-0.25, -0.2) is 0 Å². The van der Waals surface area contributed by atoms with Crippen LogP contribution in [0.2, 0.25) is 0 Å². The Labute approximate surface area is 113 Å². The van der Waals surface area contributed by atoms with Crippen molar-refractivity contribution < 1.29 is 19.4 Å². The van der Waals surface area contributed by atoms with Crippen LogP contribution in [0.25, 0.3) is 5.57 Å². The summed E-state index contributed by atoms with van der Waals surface area (Å²) in [6, 6.07) is 5.63. The minimum absolute atomic E-state index is 0.0314. The quantitative estimate of drug-likeness (QED) is 0.820. The van der Waals surface area contributed by atoms with Crippen LogP contribution in [0.3, 0.4) is 0 Å². The second-order valence-corrected chi connectivity index (χ2v) is 4.15. The second kappa shape index (κ2) is 7.46. The number of hydrogen-bond acceptors (Lipinski definition) is 3. The highest BCUT2D eigenvalue weighted by Crippen LogP contribution is 2.31. The molecule has 19 heavy (non-hydrogen) atoms. The van der Waals surface area contributed by atoms with E-state index in [0.717, 1.165) is 24.0 Å². The van der Waals surface area contributed by atoms with Crippen LogP contribution in [0.15, 0.2) is 24.3 Å². The van der Waals surface area contributed by atoms with Crippen molar-refractivity contribution in [2.45, 2.75) is 26.2 Å². The van der Waals surface area contributed by atoms with Gasteiger partial charge in [0.15, 0.2) is 11.5 Å². The molecule has 1 rings (SSSR count). The van der Waals surface area contributed by atoms with Crippen molar-refractivity contribution in [1.29, 1.82) is 0 Å². The average molecular weight is 264 g/mol. The van der Waals surface area contributed by atoms with Gasteiger partial charge in [0, 0.05) is 0 Å². The molecular formula is C15H20O4. The Balaban J connectivity index is 3.08. The van der Waals surface area contributed by atoms with E-state index >= 15 is 0 Å². The van der Waals surface area contributed by atoms with Gasteiger partial charge in [-0.05, 0) is 29.7 Å². The normalized spacial score (nSPS) is 11.2. The smallest absolute Gasteiger partial charge is 0.307 e. The summed E-state index contributed by atoms with van der Waals surface area (Å²) in [5, 5.41) is 8.77. The van der Waals surface area contributed by atoms with Crippen molar-refractivity contribution in [3.63, 3.8) is 0 Å². The van der Waals surface area contributed by atoms with Crippen LogP contribution in [-0.2, 0) is 4.79 Å². The molecular weight excluding hydrogens is 244 g/mol. The van der Waals surface area contributed by atoms with Crippen molar-refractivity contribution in [1.82, 2.24) is 0 Å². The number of carbonyl (C=O) groups is 1. The summed E-state index contributed by atoms with van der Waals surface area (Å²) in [7, 11) is 3.17. The number of carboxylic acid groups (broad SMARTS) is 1. The maximum absolute atomic E-state index is 10.7. The Bertz CT molecular complexity index is 463. The standard InChI is InChI=1S/C15H20O4/c1-4-5-11(7-9-15(16)17)12-6-8-13(18-2)14(10-12)19-3/h6-8,10H,4-5,9H2,1-3H3,(H,16,17)/b11-7+. The minimum Gasteiger partial charge on any atom is -0.493 e. The first-order valence-corrected chi connectivity index (χ1v) is 6.25. The van der Waals surface area contributed by atoms with E-state index in [1.807, 2.05) is 18.2 Å². The predicted octanol–water partition coefficient (Wildman–Crippen LogP) is 3.36. The zero-order valence-corrected chi connectivity index (χ0v) is 11.6. The molecule has 0 aliphatic rings. The second-order valence-electron chi connectivity index (χ2n) is 4.15. The van der Waals surface area contributed by atoms with Crippen molar-refractivity contribution in [2.24, 2.45) is 0 Å². The van der Waals surface area contributed by atoms with E-state index in [1.165, 1.54) is 0 Å². The third kappa shape index (κ3) is 4.32. The van der Waals surface area contributed by atoms with Crippen LogP contribution in [-0.4, -0.2) is 25.3 Å². The van der Waals surface area contributed by atoms with Gasteiger partial charge in [0.05, 0.1) is 20.6 Å². The molecule has 0 saturated carbocycles. The molecule has 1 N–H and O–H groups in total. The van der Waals surface area contributed by atoms with Gasteiger partial charge in [0.1, 0.15) is 0 Å². The summed E-state index contributed by atoms with van der Waals surface area (Å²) < 4.78 is 10.5. The van der Waals surface area contributed by atoms with E-state index in [-0.39, 0.29) is 6.42 Å². The lowest BCUT2D eigenvalue weighted by Gasteiger charge is -2.11. The monoisotopic (exact) mass is 264 g/mol. The Hall–Kier alpha value is -1.97. The van der Waals surface area contributed by atoms with Crippen molar-refractivity contribution >= 4 is 11.5 Å². The van der Waals surface area contributed by atoms with Crippen LogP contribution >= 0.6 is 0 Å². The van der Waals surface area contributed by atoms with Crippen LogP contribution in [0, 0.1) is 0 Å². The molecule has 0 amide bonds. The van der Waals surface area contributed by atoms with E-state index in [0.29, 0.717) is 11.5 Å². The Morgan fingerprint density at radius 2 is 1.95 bits per heavy atom. The van der Waals surface area contributed by atoms with Gasteiger partial charge in [0.25, 0.3) is 0 Å². The van der Waals surface area contributed by atoms with Crippen molar-refractivity contribution in [3.05, 3.63) is 29.8 Å². The summed E-state index contributed by atoms with van der Waals surface area (Å²) in [5.41, 5.74) is 1.99. The number of methoxy groups -OCH3 is 2. The highest BCUT2D eigenvalue weighted by Gasteiger charge is 2.08. The molecule has 1 aromatic carbocycles. The lowest BCUT2D eigenvalue weighted by molar-refractivity contribution is -0.135. The highest BCUT2D eigenvalue weighted by molar-refractivity contribution is 5.75. The van der Waals surface area contributed by atoms with Crippen LogP contribution in [0.4, 0.5) is 0 Å². The summed E-state index contributed by atoms with van der Waals surface area (Å²) in [4.78, 5) is 10.7. The molecule has 0 unspecified atom stereocenters. The van der Waals surface area contributed by atoms with Gasteiger partial charge >= 0.3 is 5.97 Å². The number of aliphatic carboxylic acids is 1. The van der Waals surface area contributed by atoms with E-state index in [1.54, 1.807) is 20.3 Å². The molecule has 0 fully saturated rings. The molecule has 0 aliphatic heterocycles. The summed E-state index contributed by atoms with van der Waals surface area (Å²) in [6.45, 7) is 2.06. The number of ether oxygens (including phenoxy) is 2. The lowest BCUT2D eigenvalue weighted by atomic mass is 9.99. The van der Waals surface area contributed by atoms with Crippen LogP contribution in [0.5, 0.6) is 11.5 Å². The Kier molecular flexibility index (Phi) is 5.93. The third-order valence-corrected chi connectivity index (χ3v) is 2.80. The topological polar surface area (TPSA) is 55.8 Å². The maximum Gasteiger partial charge on any atom is 0.307 e. The molecule has 4 heteroatoms. The molecule has 1 aromatic rings. The van der Waals surface area contributed by atoms with E-state index in [9.17, 15) is 4.79 Å². The predicted molar refractivity (Wildman–Crippen MR) is 74.7 cm³/mol. The largest absolute Gasteiger partial charge is 0.493 e. The van der Waals surface area contributed by atoms with Gasteiger partial charge in [0.2, 0.25) is 0 Å². The number of benzene rings is 1. The molecule has 0 aliphatic carbocycles. The molecule has 0 radical (unpaired) electrons. The number of carboxylic acids is 1. The number of rotatable bonds is 7. The van der Waals surface area contributed by atoms with Crippen molar-refractivity contribution in [3.8, 4) is 11.5 Å². The fourth-order valence-corrected chi connectivity index (χ4v) is 1.88. The van der Waals surface area contributed by atoms with Crippen LogP contribution in [0.1, 0.15) is 31.7 Å². The SMILES string of the molecule is CCC/C(=C\CC(=O)O)c1ccc(OC)c(OC)c1. The summed E-state index contributed by atoms with van der Waals surface area (Å²) >= 11 is 0. The first-order chi connectivity index (χ1) is 9.12. The molecule has 0 spiro atoms. The van der Waals surface area contributed by atoms with Crippen LogP contribution < -0.4 is 9.47 Å².